The summed E-state index contributed by atoms with van der Waals surface area (Å²) in [7, 11) is -3.76. The highest BCUT2D eigenvalue weighted by Crippen LogP contribution is 2.17. The molecule has 0 radical (unpaired) electrons. The number of aliphatic hydroxyl groups excluding tert-OH is 1. The smallest absolute Gasteiger partial charge is 0.264 e. The van der Waals surface area contributed by atoms with Gasteiger partial charge in [-0.3, -0.25) is 0 Å². The Balaban J connectivity index is 2.29. The van der Waals surface area contributed by atoms with Crippen LogP contribution in [0.1, 0.15) is 11.3 Å². The highest BCUT2D eigenvalue weighted by molar-refractivity contribution is 7.92. The molecule has 0 aliphatic carbocycles. The lowest BCUT2D eigenvalue weighted by Crippen LogP contribution is -2.12. The van der Waals surface area contributed by atoms with Gasteiger partial charge in [0.25, 0.3) is 10.0 Å². The fraction of sp³-hybridized carbons (Fsp3) is 0.154. The van der Waals surface area contributed by atoms with Gasteiger partial charge in [0.05, 0.1) is 10.6 Å². The number of anilines is 1. The van der Waals surface area contributed by atoms with Gasteiger partial charge in [0, 0.05) is 11.6 Å². The van der Waals surface area contributed by atoms with E-state index in [-0.39, 0.29) is 17.4 Å². The van der Waals surface area contributed by atoms with Crippen molar-refractivity contribution >= 4 is 15.9 Å². The van der Waals surface area contributed by atoms with E-state index in [9.17, 15) is 8.42 Å². The summed E-state index contributed by atoms with van der Waals surface area (Å²) in [5.41, 5.74) is 1.07. The van der Waals surface area contributed by atoms with E-state index < -0.39 is 10.0 Å². The molecule has 1 heterocycles. The third-order valence-corrected chi connectivity index (χ3v) is 3.66. The van der Waals surface area contributed by atoms with Crippen LogP contribution < -0.4 is 4.72 Å². The lowest BCUT2D eigenvalue weighted by atomic mass is 10.2. The van der Waals surface area contributed by atoms with Crippen LogP contribution in [0.4, 0.5) is 5.88 Å². The van der Waals surface area contributed by atoms with Crippen molar-refractivity contribution in [1.82, 2.24) is 5.16 Å². The van der Waals surface area contributed by atoms with Crippen LogP contribution >= 0.6 is 0 Å². The van der Waals surface area contributed by atoms with Crippen LogP contribution in [0.15, 0.2) is 39.8 Å². The molecular formula is C13H12N2O4S. The van der Waals surface area contributed by atoms with Gasteiger partial charge < -0.3 is 9.63 Å². The molecule has 20 heavy (non-hydrogen) atoms. The molecule has 7 heteroatoms. The summed E-state index contributed by atoms with van der Waals surface area (Å²) in [6.07, 6.45) is 0. The molecule has 2 rings (SSSR count). The van der Waals surface area contributed by atoms with Crippen LogP contribution in [0, 0.1) is 18.8 Å². The van der Waals surface area contributed by atoms with E-state index >= 15 is 0 Å². The number of aliphatic hydroxyl groups is 1. The maximum atomic E-state index is 12.1. The van der Waals surface area contributed by atoms with Gasteiger partial charge in [0.1, 0.15) is 6.61 Å². The normalized spacial score (nSPS) is 10.7. The number of rotatable bonds is 3. The van der Waals surface area contributed by atoms with E-state index in [1.807, 2.05) is 0 Å². The predicted molar refractivity (Wildman–Crippen MR) is 72.5 cm³/mol. The van der Waals surface area contributed by atoms with Gasteiger partial charge in [-0.2, -0.15) is 0 Å². The predicted octanol–water partition coefficient (Wildman–Crippen LogP) is 1.13. The number of benzene rings is 1. The Hall–Kier alpha value is -2.30. The van der Waals surface area contributed by atoms with E-state index in [1.54, 1.807) is 19.1 Å². The first-order valence-electron chi connectivity index (χ1n) is 5.67. The van der Waals surface area contributed by atoms with Gasteiger partial charge in [0.15, 0.2) is 0 Å². The highest BCUT2D eigenvalue weighted by Gasteiger charge is 2.16. The van der Waals surface area contributed by atoms with E-state index in [2.05, 4.69) is 21.7 Å². The molecule has 1 aromatic heterocycles. The lowest BCUT2D eigenvalue weighted by Gasteiger charge is -2.04. The number of aryl methyl sites for hydroxylation is 1. The van der Waals surface area contributed by atoms with Crippen LogP contribution in [0.2, 0.25) is 0 Å². The minimum Gasteiger partial charge on any atom is -0.384 e. The Kier molecular flexibility index (Phi) is 4.08. The van der Waals surface area contributed by atoms with Crippen LogP contribution in [0.5, 0.6) is 0 Å². The molecule has 6 nitrogen and oxygen atoms in total. The third kappa shape index (κ3) is 3.38. The van der Waals surface area contributed by atoms with Crippen molar-refractivity contribution in [3.8, 4) is 11.8 Å². The Morgan fingerprint density at radius 2 is 2.20 bits per heavy atom. The van der Waals surface area contributed by atoms with E-state index in [1.165, 1.54) is 18.2 Å². The van der Waals surface area contributed by atoms with Crippen LogP contribution in [0.3, 0.4) is 0 Å². The molecule has 0 unspecified atom stereocenters. The van der Waals surface area contributed by atoms with Crippen molar-refractivity contribution in [2.24, 2.45) is 0 Å². The summed E-state index contributed by atoms with van der Waals surface area (Å²) in [5.74, 6) is 5.16. The molecule has 1 aromatic carbocycles. The molecule has 0 saturated carbocycles. The third-order valence-electron chi connectivity index (χ3n) is 2.32. The average molecular weight is 292 g/mol. The van der Waals surface area contributed by atoms with Gasteiger partial charge in [-0.05, 0) is 25.1 Å². The zero-order valence-corrected chi connectivity index (χ0v) is 11.4. The summed E-state index contributed by atoms with van der Waals surface area (Å²) in [5, 5.41) is 12.2. The molecule has 0 spiro atoms. The van der Waals surface area contributed by atoms with E-state index in [0.29, 0.717) is 11.3 Å². The van der Waals surface area contributed by atoms with Gasteiger partial charge in [0.2, 0.25) is 5.88 Å². The molecule has 0 atom stereocenters. The lowest BCUT2D eigenvalue weighted by molar-refractivity contribution is 0.350. The molecular weight excluding hydrogens is 280 g/mol. The first kappa shape index (κ1) is 14.1. The molecule has 0 saturated heterocycles. The monoisotopic (exact) mass is 292 g/mol. The Labute approximate surface area is 116 Å². The summed E-state index contributed by atoms with van der Waals surface area (Å²) < 4.78 is 31.4. The minimum atomic E-state index is -3.76. The maximum absolute atomic E-state index is 12.1. The quantitative estimate of drug-likeness (QED) is 0.827. The summed E-state index contributed by atoms with van der Waals surface area (Å²) in [4.78, 5) is 0.0521. The second-order valence-electron chi connectivity index (χ2n) is 3.93. The molecule has 104 valence electrons. The second kappa shape index (κ2) is 5.77. The Bertz CT molecular complexity index is 769. The van der Waals surface area contributed by atoms with Crippen molar-refractivity contribution in [2.75, 3.05) is 11.3 Å². The average Bonchev–Trinajstić information content (AvgIpc) is 2.81. The van der Waals surface area contributed by atoms with E-state index in [4.69, 9.17) is 9.63 Å². The molecule has 0 fully saturated rings. The first-order chi connectivity index (χ1) is 9.51. The van der Waals surface area contributed by atoms with Crippen LogP contribution in [-0.2, 0) is 10.0 Å². The van der Waals surface area contributed by atoms with Gasteiger partial charge >= 0.3 is 0 Å². The van der Waals surface area contributed by atoms with Crippen molar-refractivity contribution in [2.45, 2.75) is 11.8 Å². The summed E-state index contributed by atoms with van der Waals surface area (Å²) >= 11 is 0. The number of hydrogen-bond acceptors (Lipinski definition) is 5. The SMILES string of the molecule is Cc1cc(NS(=O)(=O)c2cccc(C#CCO)c2)on1. The molecule has 0 bridgehead atoms. The topological polar surface area (TPSA) is 92.4 Å². The number of sulfonamides is 1. The first-order valence-corrected chi connectivity index (χ1v) is 7.15. The van der Waals surface area contributed by atoms with E-state index in [0.717, 1.165) is 0 Å². The number of hydrogen-bond donors (Lipinski definition) is 2. The van der Waals surface area contributed by atoms with Crippen molar-refractivity contribution in [1.29, 1.82) is 0 Å². The zero-order chi connectivity index (χ0) is 14.6. The number of nitrogens with zero attached hydrogens (tertiary/aromatic N) is 1. The Morgan fingerprint density at radius 1 is 1.40 bits per heavy atom. The van der Waals surface area contributed by atoms with Crippen molar-refractivity contribution in [3.05, 3.63) is 41.6 Å². The second-order valence-corrected chi connectivity index (χ2v) is 5.61. The van der Waals surface area contributed by atoms with Crippen LogP contribution in [-0.4, -0.2) is 25.3 Å². The maximum Gasteiger partial charge on any atom is 0.264 e. The van der Waals surface area contributed by atoms with Crippen molar-refractivity contribution < 1.29 is 18.0 Å². The van der Waals surface area contributed by atoms with Gasteiger partial charge in [-0.15, -0.1) is 0 Å². The Morgan fingerprint density at radius 3 is 2.85 bits per heavy atom. The standard InChI is InChI=1S/C13H12N2O4S/c1-10-8-13(19-14-10)15-20(17,18)12-6-2-4-11(9-12)5-3-7-16/h2,4,6,8-9,15-16H,7H2,1H3. The zero-order valence-electron chi connectivity index (χ0n) is 10.6. The minimum absolute atomic E-state index is 0.0503. The molecule has 0 aliphatic heterocycles. The molecule has 0 amide bonds. The number of nitrogens with one attached hydrogen (secondary N) is 1. The largest absolute Gasteiger partial charge is 0.384 e. The fourth-order valence-electron chi connectivity index (χ4n) is 1.49. The molecule has 2 N–H and O–H groups in total. The molecule has 2 aromatic rings. The fourth-order valence-corrected chi connectivity index (χ4v) is 2.50. The van der Waals surface area contributed by atoms with Gasteiger partial charge in [-0.25, -0.2) is 13.1 Å². The summed E-state index contributed by atoms with van der Waals surface area (Å²) in [6.45, 7) is 1.40. The number of aromatic nitrogens is 1. The van der Waals surface area contributed by atoms with Gasteiger partial charge in [-0.1, -0.05) is 23.1 Å². The van der Waals surface area contributed by atoms with Crippen LogP contribution in [0.25, 0.3) is 0 Å². The molecule has 0 aliphatic rings. The summed E-state index contributed by atoms with van der Waals surface area (Å²) in [6, 6.07) is 7.55. The highest BCUT2D eigenvalue weighted by atomic mass is 32.2. The van der Waals surface area contributed by atoms with Crippen molar-refractivity contribution in [3.63, 3.8) is 0 Å².